The van der Waals surface area contributed by atoms with E-state index in [9.17, 15) is 4.79 Å². The summed E-state index contributed by atoms with van der Waals surface area (Å²) in [6.45, 7) is 4.99. The molecular weight excluding hydrogens is 230 g/mol. The van der Waals surface area contributed by atoms with Crippen molar-refractivity contribution in [3.05, 3.63) is 12.2 Å². The van der Waals surface area contributed by atoms with Crippen LogP contribution >= 0.6 is 0 Å². The zero-order chi connectivity index (χ0) is 13.0. The molecule has 1 aromatic heterocycles. The van der Waals surface area contributed by atoms with E-state index in [2.05, 4.69) is 17.1 Å². The molecule has 0 saturated carbocycles. The van der Waals surface area contributed by atoms with E-state index in [1.54, 1.807) is 6.33 Å². The summed E-state index contributed by atoms with van der Waals surface area (Å²) in [5, 5.41) is 7.87. The molecule has 6 heteroatoms. The van der Waals surface area contributed by atoms with Gasteiger partial charge in [-0.3, -0.25) is 4.79 Å². The second-order valence-corrected chi connectivity index (χ2v) is 4.98. The molecular formula is C12H21N5O. The monoisotopic (exact) mass is 251 g/mol. The molecule has 2 heterocycles. The van der Waals surface area contributed by atoms with Gasteiger partial charge in [-0.15, -0.1) is 10.2 Å². The Balaban J connectivity index is 1.80. The van der Waals surface area contributed by atoms with Crippen LogP contribution in [-0.2, 0) is 17.9 Å². The summed E-state index contributed by atoms with van der Waals surface area (Å²) in [6, 6.07) is 0. The molecule has 2 N–H and O–H groups in total. The highest BCUT2D eigenvalue weighted by atomic mass is 16.2. The minimum atomic E-state index is 0.216. The first-order valence-corrected chi connectivity index (χ1v) is 6.55. The Kier molecular flexibility index (Phi) is 4.30. The summed E-state index contributed by atoms with van der Waals surface area (Å²) in [5.74, 6) is 1.62. The van der Waals surface area contributed by atoms with Crippen LogP contribution in [0, 0.1) is 5.92 Å². The Labute approximate surface area is 107 Å². The number of hydrogen-bond acceptors (Lipinski definition) is 4. The fourth-order valence-electron chi connectivity index (χ4n) is 2.24. The zero-order valence-corrected chi connectivity index (χ0v) is 10.9. The molecule has 1 atom stereocenters. The van der Waals surface area contributed by atoms with Crippen LogP contribution in [-0.4, -0.2) is 38.7 Å². The van der Waals surface area contributed by atoms with E-state index >= 15 is 0 Å². The summed E-state index contributed by atoms with van der Waals surface area (Å²) >= 11 is 0. The van der Waals surface area contributed by atoms with Crippen molar-refractivity contribution in [1.82, 2.24) is 19.7 Å². The van der Waals surface area contributed by atoms with Gasteiger partial charge in [0.05, 0.1) is 6.54 Å². The summed E-state index contributed by atoms with van der Waals surface area (Å²) in [4.78, 5) is 13.9. The van der Waals surface area contributed by atoms with Gasteiger partial charge in [0, 0.05) is 19.5 Å². The van der Waals surface area contributed by atoms with Crippen LogP contribution in [0.15, 0.2) is 6.33 Å². The third-order valence-electron chi connectivity index (χ3n) is 3.50. The Morgan fingerprint density at radius 3 is 3.11 bits per heavy atom. The summed E-state index contributed by atoms with van der Waals surface area (Å²) in [5.41, 5.74) is 5.51. The molecule has 1 aliphatic rings. The molecule has 0 fully saturated rings. The third kappa shape index (κ3) is 3.07. The molecule has 6 nitrogen and oxygen atoms in total. The Morgan fingerprint density at radius 2 is 2.33 bits per heavy atom. The molecule has 100 valence electrons. The van der Waals surface area contributed by atoms with Gasteiger partial charge in [-0.05, 0) is 25.3 Å². The second kappa shape index (κ2) is 5.95. The summed E-state index contributed by atoms with van der Waals surface area (Å²) in [7, 11) is 0. The van der Waals surface area contributed by atoms with Gasteiger partial charge >= 0.3 is 0 Å². The lowest BCUT2D eigenvalue weighted by atomic mass is 10.0. The number of carbonyl (C=O) groups is 1. The van der Waals surface area contributed by atoms with Crippen molar-refractivity contribution in [2.24, 2.45) is 11.7 Å². The standard InChI is InChI=1S/C12H21N5O/c1-10(4-5-13)2-3-12(18)16-6-7-17-9-14-15-11(17)8-16/h9-10H,2-8,13H2,1H3. The van der Waals surface area contributed by atoms with Crippen LogP contribution in [0.5, 0.6) is 0 Å². The van der Waals surface area contributed by atoms with E-state index in [1.807, 2.05) is 9.47 Å². The van der Waals surface area contributed by atoms with E-state index in [1.165, 1.54) is 0 Å². The lowest BCUT2D eigenvalue weighted by molar-refractivity contribution is -0.133. The quantitative estimate of drug-likeness (QED) is 0.821. The van der Waals surface area contributed by atoms with Crippen LogP contribution in [0.1, 0.15) is 32.0 Å². The van der Waals surface area contributed by atoms with Crippen molar-refractivity contribution < 1.29 is 4.79 Å². The number of nitrogens with two attached hydrogens (primary N) is 1. The highest BCUT2D eigenvalue weighted by molar-refractivity contribution is 5.76. The molecule has 18 heavy (non-hydrogen) atoms. The van der Waals surface area contributed by atoms with E-state index in [-0.39, 0.29) is 5.91 Å². The summed E-state index contributed by atoms with van der Waals surface area (Å²) in [6.07, 6.45) is 4.23. The number of carbonyl (C=O) groups excluding carboxylic acids is 1. The molecule has 0 spiro atoms. The van der Waals surface area contributed by atoms with Crippen molar-refractivity contribution in [3.8, 4) is 0 Å². The fraction of sp³-hybridized carbons (Fsp3) is 0.750. The Hall–Kier alpha value is -1.43. The van der Waals surface area contributed by atoms with E-state index in [0.29, 0.717) is 25.4 Å². The van der Waals surface area contributed by atoms with E-state index in [4.69, 9.17) is 5.73 Å². The van der Waals surface area contributed by atoms with Gasteiger partial charge in [-0.1, -0.05) is 6.92 Å². The van der Waals surface area contributed by atoms with Crippen LogP contribution < -0.4 is 5.73 Å². The van der Waals surface area contributed by atoms with E-state index < -0.39 is 0 Å². The maximum absolute atomic E-state index is 12.1. The SMILES string of the molecule is CC(CCN)CCC(=O)N1CCn2cnnc2C1. The highest BCUT2D eigenvalue weighted by Gasteiger charge is 2.21. The predicted octanol–water partition coefficient (Wildman–Crippen LogP) is 0.385. The summed E-state index contributed by atoms with van der Waals surface area (Å²) < 4.78 is 2.00. The Bertz CT molecular complexity index is 403. The minimum Gasteiger partial charge on any atom is -0.333 e. The lowest BCUT2D eigenvalue weighted by Crippen LogP contribution is -2.38. The fourth-order valence-corrected chi connectivity index (χ4v) is 2.24. The van der Waals surface area contributed by atoms with Crippen molar-refractivity contribution in [2.75, 3.05) is 13.1 Å². The first-order valence-electron chi connectivity index (χ1n) is 6.55. The molecule has 1 amide bonds. The average Bonchev–Trinajstić information content (AvgIpc) is 2.83. The van der Waals surface area contributed by atoms with Gasteiger partial charge < -0.3 is 15.2 Å². The molecule has 1 unspecified atom stereocenters. The van der Waals surface area contributed by atoms with Crippen molar-refractivity contribution in [1.29, 1.82) is 0 Å². The van der Waals surface area contributed by atoms with E-state index in [0.717, 1.165) is 31.8 Å². The average molecular weight is 251 g/mol. The van der Waals surface area contributed by atoms with Crippen LogP contribution in [0.3, 0.4) is 0 Å². The van der Waals surface area contributed by atoms with Crippen LogP contribution in [0.25, 0.3) is 0 Å². The topological polar surface area (TPSA) is 77.0 Å². The molecule has 0 bridgehead atoms. The number of rotatable bonds is 5. The Morgan fingerprint density at radius 1 is 1.50 bits per heavy atom. The lowest BCUT2D eigenvalue weighted by Gasteiger charge is -2.27. The molecule has 1 aliphatic heterocycles. The zero-order valence-electron chi connectivity index (χ0n) is 10.9. The molecule has 0 aliphatic carbocycles. The maximum Gasteiger partial charge on any atom is 0.223 e. The normalized spacial score (nSPS) is 16.4. The van der Waals surface area contributed by atoms with Gasteiger partial charge in [0.2, 0.25) is 5.91 Å². The smallest absolute Gasteiger partial charge is 0.223 e. The van der Waals surface area contributed by atoms with Crippen molar-refractivity contribution in [3.63, 3.8) is 0 Å². The van der Waals surface area contributed by atoms with Gasteiger partial charge in [-0.2, -0.15) is 0 Å². The number of aromatic nitrogens is 3. The number of fused-ring (bicyclic) bond motifs is 1. The maximum atomic E-state index is 12.1. The van der Waals surface area contributed by atoms with Gasteiger partial charge in [0.15, 0.2) is 5.82 Å². The van der Waals surface area contributed by atoms with Crippen LogP contribution in [0.2, 0.25) is 0 Å². The van der Waals surface area contributed by atoms with Gasteiger partial charge in [0.25, 0.3) is 0 Å². The molecule has 0 radical (unpaired) electrons. The second-order valence-electron chi connectivity index (χ2n) is 4.98. The van der Waals surface area contributed by atoms with Gasteiger partial charge in [0.1, 0.15) is 6.33 Å². The predicted molar refractivity (Wildman–Crippen MR) is 67.5 cm³/mol. The number of amides is 1. The molecule has 1 aromatic rings. The van der Waals surface area contributed by atoms with Gasteiger partial charge in [-0.25, -0.2) is 0 Å². The molecule has 0 aromatic carbocycles. The largest absolute Gasteiger partial charge is 0.333 e. The third-order valence-corrected chi connectivity index (χ3v) is 3.50. The molecule has 0 saturated heterocycles. The highest BCUT2D eigenvalue weighted by Crippen LogP contribution is 2.14. The van der Waals surface area contributed by atoms with Crippen LogP contribution in [0.4, 0.5) is 0 Å². The van der Waals surface area contributed by atoms with Crippen molar-refractivity contribution >= 4 is 5.91 Å². The first kappa shape index (κ1) is 13.0. The minimum absolute atomic E-state index is 0.216. The number of nitrogens with zero attached hydrogens (tertiary/aromatic N) is 4. The number of hydrogen-bond donors (Lipinski definition) is 1. The van der Waals surface area contributed by atoms with Crippen molar-refractivity contribution in [2.45, 2.75) is 39.3 Å². The molecule has 2 rings (SSSR count). The first-order chi connectivity index (χ1) is 8.70.